The lowest BCUT2D eigenvalue weighted by molar-refractivity contribution is -0.135. The number of carboxylic acids is 1. The monoisotopic (exact) mass is 267 g/mol. The molecule has 1 aromatic carbocycles. The summed E-state index contributed by atoms with van der Waals surface area (Å²) in [4.78, 5) is 9.70. The first-order chi connectivity index (χ1) is 7.33. The van der Waals surface area contributed by atoms with E-state index in [-0.39, 0.29) is 5.02 Å². The summed E-state index contributed by atoms with van der Waals surface area (Å²) in [6.07, 6.45) is 0. The number of rotatable bonds is 4. The first kappa shape index (κ1) is 12.9. The van der Waals surface area contributed by atoms with Gasteiger partial charge in [-0.15, -0.1) is 0 Å². The van der Waals surface area contributed by atoms with E-state index in [0.29, 0.717) is 6.07 Å². The lowest BCUT2D eigenvalue weighted by Gasteiger charge is -2.06. The fraction of sp³-hybridized carbons (Fsp3) is 0.125. The fourth-order valence-electron chi connectivity index (χ4n) is 0.918. The van der Waals surface area contributed by atoms with Gasteiger partial charge in [0.2, 0.25) is 10.0 Å². The van der Waals surface area contributed by atoms with E-state index in [0.717, 1.165) is 12.1 Å². The van der Waals surface area contributed by atoms with Crippen molar-refractivity contribution in [2.24, 2.45) is 0 Å². The summed E-state index contributed by atoms with van der Waals surface area (Å²) < 4.78 is 37.5. The maximum Gasteiger partial charge on any atom is 0.318 e. The average molecular weight is 268 g/mol. The minimum absolute atomic E-state index is 0.181. The lowest BCUT2D eigenvalue weighted by atomic mass is 10.3. The van der Waals surface area contributed by atoms with Gasteiger partial charge in [0.1, 0.15) is 17.3 Å². The van der Waals surface area contributed by atoms with E-state index in [1.165, 1.54) is 0 Å². The van der Waals surface area contributed by atoms with Crippen molar-refractivity contribution >= 4 is 27.6 Å². The molecule has 0 amide bonds. The van der Waals surface area contributed by atoms with Crippen molar-refractivity contribution in [1.29, 1.82) is 0 Å². The molecule has 8 heteroatoms. The number of halogens is 2. The molecule has 1 aromatic rings. The van der Waals surface area contributed by atoms with Crippen LogP contribution >= 0.6 is 11.6 Å². The number of aliphatic carboxylic acids is 1. The largest absolute Gasteiger partial charge is 0.480 e. The Morgan fingerprint density at radius 1 is 1.50 bits per heavy atom. The molecule has 2 N–H and O–H groups in total. The highest BCUT2D eigenvalue weighted by Crippen LogP contribution is 2.21. The summed E-state index contributed by atoms with van der Waals surface area (Å²) in [5.41, 5.74) is 0. The van der Waals surface area contributed by atoms with Crippen LogP contribution in [-0.2, 0) is 14.8 Å². The highest BCUT2D eigenvalue weighted by molar-refractivity contribution is 7.89. The van der Waals surface area contributed by atoms with Gasteiger partial charge in [-0.25, -0.2) is 12.8 Å². The van der Waals surface area contributed by atoms with Gasteiger partial charge in [0.15, 0.2) is 0 Å². The summed E-state index contributed by atoms with van der Waals surface area (Å²) in [5.74, 6) is -2.13. The molecule has 0 aliphatic carbocycles. The average Bonchev–Trinajstić information content (AvgIpc) is 2.19. The summed E-state index contributed by atoms with van der Waals surface area (Å²) in [5, 5.41) is 8.13. The highest BCUT2D eigenvalue weighted by Gasteiger charge is 2.19. The number of benzene rings is 1. The van der Waals surface area contributed by atoms with Crippen LogP contribution in [0, 0.1) is 5.82 Å². The third kappa shape index (κ3) is 3.16. The zero-order valence-electron chi connectivity index (χ0n) is 7.78. The minimum atomic E-state index is -4.11. The van der Waals surface area contributed by atoms with E-state index < -0.39 is 33.3 Å². The molecule has 1 rings (SSSR count). The predicted octanol–water partition coefficient (Wildman–Crippen LogP) is 0.842. The van der Waals surface area contributed by atoms with E-state index in [9.17, 15) is 17.6 Å². The smallest absolute Gasteiger partial charge is 0.318 e. The summed E-state index contributed by atoms with van der Waals surface area (Å²) in [6, 6.07) is 2.79. The second-order valence-electron chi connectivity index (χ2n) is 2.79. The molecule has 0 unspecified atom stereocenters. The highest BCUT2D eigenvalue weighted by atomic mass is 35.5. The maximum atomic E-state index is 12.8. The van der Waals surface area contributed by atoms with Gasteiger partial charge in [0, 0.05) is 0 Å². The predicted molar refractivity (Wildman–Crippen MR) is 54.2 cm³/mol. The van der Waals surface area contributed by atoms with E-state index >= 15 is 0 Å². The summed E-state index contributed by atoms with van der Waals surface area (Å²) >= 11 is 5.56. The molecule has 5 nitrogen and oxygen atoms in total. The fourth-order valence-corrected chi connectivity index (χ4v) is 2.40. The van der Waals surface area contributed by atoms with Gasteiger partial charge in [0.05, 0.1) is 5.02 Å². The number of carboxylic acid groups (broad SMARTS) is 1. The molecule has 0 radical (unpaired) electrons. The zero-order chi connectivity index (χ0) is 12.3. The van der Waals surface area contributed by atoms with Crippen LogP contribution in [0.25, 0.3) is 0 Å². The Morgan fingerprint density at radius 3 is 2.69 bits per heavy atom. The van der Waals surface area contributed by atoms with Crippen LogP contribution in [0.15, 0.2) is 23.1 Å². The van der Waals surface area contributed by atoms with Gasteiger partial charge < -0.3 is 5.11 Å². The molecule has 88 valence electrons. The number of hydrogen-bond acceptors (Lipinski definition) is 3. The van der Waals surface area contributed by atoms with Gasteiger partial charge in [-0.05, 0) is 18.2 Å². The Hall–Kier alpha value is -1.18. The topological polar surface area (TPSA) is 83.5 Å². The van der Waals surface area contributed by atoms with E-state index in [1.54, 1.807) is 4.72 Å². The second-order valence-corrected chi connectivity index (χ2v) is 4.94. The number of sulfonamides is 1. The normalized spacial score (nSPS) is 11.4. The van der Waals surface area contributed by atoms with Crippen molar-refractivity contribution in [1.82, 2.24) is 4.72 Å². The van der Waals surface area contributed by atoms with Crippen LogP contribution in [0.1, 0.15) is 0 Å². The molecule has 0 aromatic heterocycles. The molecule has 0 spiro atoms. The molecule has 0 fully saturated rings. The van der Waals surface area contributed by atoms with Crippen LogP contribution in [-0.4, -0.2) is 26.0 Å². The Labute approximate surface area is 95.9 Å². The quantitative estimate of drug-likeness (QED) is 0.847. The lowest BCUT2D eigenvalue weighted by Crippen LogP contribution is -2.29. The number of hydrogen-bond donors (Lipinski definition) is 2. The van der Waals surface area contributed by atoms with Gasteiger partial charge in [0.25, 0.3) is 0 Å². The van der Waals surface area contributed by atoms with E-state index in [1.807, 2.05) is 0 Å². The SMILES string of the molecule is O=C(O)CNS(=O)(=O)c1cc(F)ccc1Cl. The van der Waals surface area contributed by atoms with Gasteiger partial charge in [-0.1, -0.05) is 11.6 Å². The van der Waals surface area contributed by atoms with Crippen molar-refractivity contribution in [3.8, 4) is 0 Å². The second kappa shape index (κ2) is 4.77. The summed E-state index contributed by atoms with van der Waals surface area (Å²) in [6.45, 7) is -0.796. The first-order valence-corrected chi connectivity index (χ1v) is 5.85. The Bertz CT molecular complexity index is 517. The molecule has 0 saturated carbocycles. The van der Waals surface area contributed by atoms with Crippen molar-refractivity contribution < 1.29 is 22.7 Å². The molecular weight excluding hydrogens is 261 g/mol. The Morgan fingerprint density at radius 2 is 2.12 bits per heavy atom. The molecule has 16 heavy (non-hydrogen) atoms. The standard InChI is InChI=1S/C8H7ClFNO4S/c9-6-2-1-5(10)3-7(6)16(14,15)11-4-8(12)13/h1-3,11H,4H2,(H,12,13). The van der Waals surface area contributed by atoms with Gasteiger partial charge >= 0.3 is 5.97 Å². The van der Waals surface area contributed by atoms with Crippen molar-refractivity contribution in [2.75, 3.05) is 6.54 Å². The molecule has 0 aliphatic rings. The van der Waals surface area contributed by atoms with Crippen LogP contribution in [0.5, 0.6) is 0 Å². The molecule has 0 aliphatic heterocycles. The van der Waals surface area contributed by atoms with Crippen LogP contribution in [0.4, 0.5) is 4.39 Å². The van der Waals surface area contributed by atoms with Crippen LogP contribution in [0.3, 0.4) is 0 Å². The molecular formula is C8H7ClFNO4S. The van der Waals surface area contributed by atoms with Gasteiger partial charge in [-0.3, -0.25) is 4.79 Å². The molecule has 0 bridgehead atoms. The minimum Gasteiger partial charge on any atom is -0.480 e. The van der Waals surface area contributed by atoms with Crippen molar-refractivity contribution in [2.45, 2.75) is 4.90 Å². The van der Waals surface area contributed by atoms with Crippen LogP contribution in [0.2, 0.25) is 5.02 Å². The van der Waals surface area contributed by atoms with E-state index in [2.05, 4.69) is 0 Å². The Balaban J connectivity index is 3.07. The molecule has 0 saturated heterocycles. The van der Waals surface area contributed by atoms with Gasteiger partial charge in [-0.2, -0.15) is 4.72 Å². The number of carbonyl (C=O) groups is 1. The van der Waals surface area contributed by atoms with Crippen LogP contribution < -0.4 is 4.72 Å². The molecule has 0 heterocycles. The number of nitrogens with one attached hydrogen (secondary N) is 1. The first-order valence-electron chi connectivity index (χ1n) is 3.99. The third-order valence-electron chi connectivity index (χ3n) is 1.60. The third-order valence-corrected chi connectivity index (χ3v) is 3.48. The summed E-state index contributed by atoms with van der Waals surface area (Å²) in [7, 11) is -4.11. The molecule has 0 atom stereocenters. The zero-order valence-corrected chi connectivity index (χ0v) is 9.35. The van der Waals surface area contributed by atoms with Crippen molar-refractivity contribution in [3.63, 3.8) is 0 Å². The van der Waals surface area contributed by atoms with E-state index in [4.69, 9.17) is 16.7 Å². The maximum absolute atomic E-state index is 12.8. The van der Waals surface area contributed by atoms with Crippen molar-refractivity contribution in [3.05, 3.63) is 29.0 Å². The Kier molecular flexibility index (Phi) is 3.84.